The average molecular weight is 210 g/mol. The van der Waals surface area contributed by atoms with E-state index in [4.69, 9.17) is 4.74 Å². The van der Waals surface area contributed by atoms with Gasteiger partial charge in [-0.05, 0) is 25.7 Å². The third-order valence-corrected chi connectivity index (χ3v) is 3.82. The lowest BCUT2D eigenvalue weighted by Crippen LogP contribution is -2.24. The summed E-state index contributed by atoms with van der Waals surface area (Å²) in [5, 5.41) is 0. The Morgan fingerprint density at radius 3 is 2.20 bits per heavy atom. The van der Waals surface area contributed by atoms with Gasteiger partial charge < -0.3 is 4.74 Å². The van der Waals surface area contributed by atoms with E-state index in [1.165, 1.54) is 32.1 Å². The summed E-state index contributed by atoms with van der Waals surface area (Å²) in [6.45, 7) is 0.384. The molecule has 2 aliphatic rings. The van der Waals surface area contributed by atoms with Crippen LogP contribution in [-0.2, 0) is 9.53 Å². The van der Waals surface area contributed by atoms with Gasteiger partial charge >= 0.3 is 0 Å². The molecule has 0 saturated heterocycles. The largest absolute Gasteiger partial charge is 0.370 e. The summed E-state index contributed by atoms with van der Waals surface area (Å²) >= 11 is 0. The molecule has 0 N–H and O–H groups in total. The first-order chi connectivity index (χ1) is 7.36. The molecule has 2 rings (SSSR count). The lowest BCUT2D eigenvalue weighted by atomic mass is 9.86. The highest BCUT2D eigenvalue weighted by atomic mass is 16.5. The van der Waals surface area contributed by atoms with E-state index in [-0.39, 0.29) is 0 Å². The second-order valence-electron chi connectivity index (χ2n) is 5.02. The van der Waals surface area contributed by atoms with Gasteiger partial charge in [0.05, 0.1) is 6.10 Å². The number of Topliss-reactive ketones (excluding diaryl/α,β-unsaturated/α-hetero) is 1. The fourth-order valence-electron chi connectivity index (χ4n) is 2.80. The molecular formula is C13H22O2. The standard InChI is InChI=1S/C13H22O2/c14-13(11-6-2-1-3-7-11)10-15-12-8-4-5-9-12/h11-12H,1-10H2. The van der Waals surface area contributed by atoms with Gasteiger partial charge in [-0.15, -0.1) is 0 Å². The SMILES string of the molecule is O=C(COC1CCCC1)C1CCCCC1. The van der Waals surface area contributed by atoms with Gasteiger partial charge in [0, 0.05) is 5.92 Å². The van der Waals surface area contributed by atoms with Crippen LogP contribution in [0, 0.1) is 5.92 Å². The number of ether oxygens (including phenoxy) is 1. The van der Waals surface area contributed by atoms with E-state index in [9.17, 15) is 4.79 Å². The van der Waals surface area contributed by atoms with Crippen LogP contribution in [0.15, 0.2) is 0 Å². The Hall–Kier alpha value is -0.370. The normalized spacial score (nSPS) is 24.5. The minimum atomic E-state index is 0.320. The molecule has 0 aromatic carbocycles. The van der Waals surface area contributed by atoms with Crippen molar-refractivity contribution in [3.05, 3.63) is 0 Å². The predicted molar refractivity (Wildman–Crippen MR) is 59.8 cm³/mol. The molecular weight excluding hydrogens is 188 g/mol. The van der Waals surface area contributed by atoms with Gasteiger partial charge in [0.25, 0.3) is 0 Å². The van der Waals surface area contributed by atoms with Crippen molar-refractivity contribution in [2.75, 3.05) is 6.61 Å². The number of hydrogen-bond acceptors (Lipinski definition) is 2. The van der Waals surface area contributed by atoms with Gasteiger partial charge in [0.15, 0.2) is 5.78 Å². The molecule has 0 aromatic heterocycles. The number of hydrogen-bond donors (Lipinski definition) is 0. The summed E-state index contributed by atoms with van der Waals surface area (Å²) in [5.74, 6) is 0.682. The summed E-state index contributed by atoms with van der Waals surface area (Å²) in [7, 11) is 0. The Balaban J connectivity index is 1.66. The summed E-state index contributed by atoms with van der Waals surface area (Å²) in [5.41, 5.74) is 0. The lowest BCUT2D eigenvalue weighted by molar-refractivity contribution is -0.130. The van der Waals surface area contributed by atoms with Crippen molar-refractivity contribution in [1.29, 1.82) is 0 Å². The third-order valence-electron chi connectivity index (χ3n) is 3.82. The monoisotopic (exact) mass is 210 g/mol. The molecule has 0 radical (unpaired) electrons. The van der Waals surface area contributed by atoms with Crippen LogP contribution < -0.4 is 0 Å². The minimum Gasteiger partial charge on any atom is -0.370 e. The maximum absolute atomic E-state index is 11.8. The second kappa shape index (κ2) is 5.64. The zero-order chi connectivity index (χ0) is 10.5. The molecule has 0 unspecified atom stereocenters. The molecule has 0 aromatic rings. The number of ketones is 1. The first-order valence-corrected chi connectivity index (χ1v) is 6.50. The molecule has 2 fully saturated rings. The third kappa shape index (κ3) is 3.30. The number of rotatable bonds is 4. The Bertz CT molecular complexity index is 201. The maximum Gasteiger partial charge on any atom is 0.161 e. The minimum absolute atomic E-state index is 0.320. The van der Waals surface area contributed by atoms with Crippen LogP contribution in [0.2, 0.25) is 0 Å². The van der Waals surface area contributed by atoms with Gasteiger partial charge in [0.2, 0.25) is 0 Å². The predicted octanol–water partition coefficient (Wildman–Crippen LogP) is 3.10. The highest BCUT2D eigenvalue weighted by molar-refractivity contribution is 5.82. The van der Waals surface area contributed by atoms with Gasteiger partial charge in [-0.1, -0.05) is 32.1 Å². The van der Waals surface area contributed by atoms with Gasteiger partial charge in [-0.25, -0.2) is 0 Å². The van der Waals surface area contributed by atoms with Gasteiger partial charge in [-0.3, -0.25) is 4.79 Å². The molecule has 15 heavy (non-hydrogen) atoms. The molecule has 2 aliphatic carbocycles. The van der Waals surface area contributed by atoms with Crippen LogP contribution in [0.3, 0.4) is 0 Å². The van der Waals surface area contributed by atoms with Crippen molar-refractivity contribution >= 4 is 5.78 Å². The van der Waals surface area contributed by atoms with E-state index in [0.29, 0.717) is 24.4 Å². The van der Waals surface area contributed by atoms with Crippen LogP contribution in [0.5, 0.6) is 0 Å². The first-order valence-electron chi connectivity index (χ1n) is 6.50. The quantitative estimate of drug-likeness (QED) is 0.712. The summed E-state index contributed by atoms with van der Waals surface area (Å²) in [6, 6.07) is 0. The molecule has 2 saturated carbocycles. The fourth-order valence-corrected chi connectivity index (χ4v) is 2.80. The maximum atomic E-state index is 11.8. The van der Waals surface area contributed by atoms with Crippen molar-refractivity contribution in [3.8, 4) is 0 Å². The van der Waals surface area contributed by atoms with Crippen LogP contribution in [0.25, 0.3) is 0 Å². The molecule has 0 spiro atoms. The highest BCUT2D eigenvalue weighted by Gasteiger charge is 2.23. The van der Waals surface area contributed by atoms with E-state index in [1.807, 2.05) is 0 Å². The summed E-state index contributed by atoms with van der Waals surface area (Å²) in [6.07, 6.45) is 11.3. The number of carbonyl (C=O) groups is 1. The van der Waals surface area contributed by atoms with Crippen LogP contribution >= 0.6 is 0 Å². The lowest BCUT2D eigenvalue weighted by Gasteiger charge is -2.21. The number of carbonyl (C=O) groups excluding carboxylic acids is 1. The van der Waals surface area contributed by atoms with Crippen LogP contribution in [-0.4, -0.2) is 18.5 Å². The highest BCUT2D eigenvalue weighted by Crippen LogP contribution is 2.25. The van der Waals surface area contributed by atoms with Crippen molar-refractivity contribution < 1.29 is 9.53 Å². The Morgan fingerprint density at radius 2 is 1.53 bits per heavy atom. The summed E-state index contributed by atoms with van der Waals surface area (Å²) < 4.78 is 5.67. The molecule has 86 valence electrons. The van der Waals surface area contributed by atoms with Crippen molar-refractivity contribution in [2.45, 2.75) is 63.9 Å². The molecule has 0 amide bonds. The van der Waals surface area contributed by atoms with E-state index in [0.717, 1.165) is 25.7 Å². The molecule has 0 aliphatic heterocycles. The van der Waals surface area contributed by atoms with Crippen molar-refractivity contribution in [3.63, 3.8) is 0 Å². The molecule has 2 heteroatoms. The zero-order valence-corrected chi connectivity index (χ0v) is 9.54. The van der Waals surface area contributed by atoms with Crippen molar-refractivity contribution in [2.24, 2.45) is 5.92 Å². The zero-order valence-electron chi connectivity index (χ0n) is 9.54. The molecule has 0 atom stereocenters. The van der Waals surface area contributed by atoms with Crippen molar-refractivity contribution in [1.82, 2.24) is 0 Å². The smallest absolute Gasteiger partial charge is 0.161 e. The van der Waals surface area contributed by atoms with E-state index in [2.05, 4.69) is 0 Å². The molecule has 2 nitrogen and oxygen atoms in total. The van der Waals surface area contributed by atoms with Crippen LogP contribution in [0.1, 0.15) is 57.8 Å². The van der Waals surface area contributed by atoms with Gasteiger partial charge in [0.1, 0.15) is 6.61 Å². The van der Waals surface area contributed by atoms with E-state index < -0.39 is 0 Å². The summed E-state index contributed by atoms with van der Waals surface area (Å²) in [4.78, 5) is 11.8. The second-order valence-corrected chi connectivity index (χ2v) is 5.02. The average Bonchev–Trinajstić information content (AvgIpc) is 2.80. The molecule has 0 bridgehead atoms. The topological polar surface area (TPSA) is 26.3 Å². The van der Waals surface area contributed by atoms with E-state index in [1.54, 1.807) is 0 Å². The molecule has 0 heterocycles. The van der Waals surface area contributed by atoms with E-state index >= 15 is 0 Å². The van der Waals surface area contributed by atoms with Gasteiger partial charge in [-0.2, -0.15) is 0 Å². The van der Waals surface area contributed by atoms with Crippen LogP contribution in [0.4, 0.5) is 0 Å². The fraction of sp³-hybridized carbons (Fsp3) is 0.923. The Morgan fingerprint density at radius 1 is 0.933 bits per heavy atom. The Kier molecular flexibility index (Phi) is 4.18. The Labute approximate surface area is 92.4 Å². The first kappa shape index (κ1) is 11.1.